The van der Waals surface area contributed by atoms with Gasteiger partial charge in [0, 0.05) is 6.54 Å². The predicted molar refractivity (Wildman–Crippen MR) is 100 cm³/mol. The lowest BCUT2D eigenvalue weighted by molar-refractivity contribution is -0.123. The first-order chi connectivity index (χ1) is 11.0. The molecular weight excluding hydrogens is 354 g/mol. The van der Waals surface area contributed by atoms with Gasteiger partial charge in [0.25, 0.3) is 5.91 Å². The van der Waals surface area contributed by atoms with Crippen LogP contribution < -0.4 is 10.1 Å². The highest BCUT2D eigenvalue weighted by Gasteiger charge is 2.10. The number of hydrogen-bond donors (Lipinski definition) is 1. The molecule has 0 aliphatic carbocycles. The van der Waals surface area contributed by atoms with Crippen LogP contribution in [0.2, 0.25) is 0 Å². The zero-order chi connectivity index (χ0) is 17.2. The van der Waals surface area contributed by atoms with Crippen molar-refractivity contribution in [2.45, 2.75) is 59.3 Å². The number of ether oxygens (including phenoxy) is 1. The standard InChI is InChI=1S/C19H30BrNO2/c1-5-7-8-15(6-2)12-21-19(22)13-23-18-10-9-16(14(3)4)11-17(18)20/h9-11,14-15H,5-8,12-13H2,1-4H3,(H,21,22). The minimum atomic E-state index is -0.0558. The maximum atomic E-state index is 11.9. The Morgan fingerprint density at radius 3 is 2.61 bits per heavy atom. The van der Waals surface area contributed by atoms with E-state index in [4.69, 9.17) is 4.74 Å². The molecule has 1 unspecified atom stereocenters. The molecule has 0 radical (unpaired) electrons. The van der Waals surface area contributed by atoms with Crippen molar-refractivity contribution < 1.29 is 9.53 Å². The fraction of sp³-hybridized carbons (Fsp3) is 0.632. The summed E-state index contributed by atoms with van der Waals surface area (Å²) in [5.74, 6) is 1.69. The molecule has 0 saturated heterocycles. The summed E-state index contributed by atoms with van der Waals surface area (Å²) < 4.78 is 6.52. The number of halogens is 1. The molecule has 23 heavy (non-hydrogen) atoms. The normalized spacial score (nSPS) is 12.3. The number of hydrogen-bond acceptors (Lipinski definition) is 2. The van der Waals surface area contributed by atoms with Gasteiger partial charge in [-0.15, -0.1) is 0 Å². The first-order valence-corrected chi connectivity index (χ1v) is 9.46. The number of benzene rings is 1. The van der Waals surface area contributed by atoms with Gasteiger partial charge in [-0.1, -0.05) is 53.0 Å². The minimum absolute atomic E-state index is 0.0558. The van der Waals surface area contributed by atoms with Crippen molar-refractivity contribution in [2.24, 2.45) is 5.92 Å². The maximum absolute atomic E-state index is 11.9. The average molecular weight is 384 g/mol. The van der Waals surface area contributed by atoms with Crippen LogP contribution in [0.1, 0.15) is 64.9 Å². The molecular formula is C19H30BrNO2. The third-order valence-electron chi connectivity index (χ3n) is 4.11. The number of unbranched alkanes of at least 4 members (excludes halogenated alkanes) is 1. The third kappa shape index (κ3) is 7.38. The molecule has 1 aromatic rings. The first-order valence-electron chi connectivity index (χ1n) is 8.66. The molecule has 0 spiro atoms. The molecule has 1 amide bonds. The van der Waals surface area contributed by atoms with E-state index in [1.54, 1.807) is 0 Å². The zero-order valence-electron chi connectivity index (χ0n) is 14.8. The van der Waals surface area contributed by atoms with Crippen molar-refractivity contribution in [3.05, 3.63) is 28.2 Å². The predicted octanol–water partition coefficient (Wildman–Crippen LogP) is 5.28. The summed E-state index contributed by atoms with van der Waals surface area (Å²) in [5, 5.41) is 2.98. The maximum Gasteiger partial charge on any atom is 0.257 e. The van der Waals surface area contributed by atoms with Crippen LogP contribution >= 0.6 is 15.9 Å². The molecule has 130 valence electrons. The molecule has 0 aliphatic heterocycles. The van der Waals surface area contributed by atoms with Crippen LogP contribution in [0.3, 0.4) is 0 Å². The van der Waals surface area contributed by atoms with Gasteiger partial charge in [0.15, 0.2) is 6.61 Å². The Labute approximate surface area is 149 Å². The summed E-state index contributed by atoms with van der Waals surface area (Å²) in [6.45, 7) is 9.48. The third-order valence-corrected chi connectivity index (χ3v) is 4.73. The lowest BCUT2D eigenvalue weighted by Gasteiger charge is -2.16. The summed E-state index contributed by atoms with van der Waals surface area (Å²) in [5.41, 5.74) is 1.25. The minimum Gasteiger partial charge on any atom is -0.483 e. The highest BCUT2D eigenvalue weighted by Crippen LogP contribution is 2.28. The van der Waals surface area contributed by atoms with Gasteiger partial charge in [0.2, 0.25) is 0 Å². The van der Waals surface area contributed by atoms with E-state index in [-0.39, 0.29) is 12.5 Å². The van der Waals surface area contributed by atoms with Crippen LogP contribution in [-0.4, -0.2) is 19.1 Å². The van der Waals surface area contributed by atoms with E-state index in [1.165, 1.54) is 24.8 Å². The summed E-state index contributed by atoms with van der Waals surface area (Å²) in [7, 11) is 0. The number of carbonyl (C=O) groups excluding carboxylic acids is 1. The van der Waals surface area contributed by atoms with Gasteiger partial charge in [-0.2, -0.15) is 0 Å². The number of rotatable bonds is 10. The van der Waals surface area contributed by atoms with E-state index < -0.39 is 0 Å². The summed E-state index contributed by atoms with van der Waals surface area (Å²) in [4.78, 5) is 11.9. The van der Waals surface area contributed by atoms with Gasteiger partial charge in [0.05, 0.1) is 4.47 Å². The molecule has 1 rings (SSSR count). The van der Waals surface area contributed by atoms with E-state index in [1.807, 2.05) is 12.1 Å². The Morgan fingerprint density at radius 2 is 2.04 bits per heavy atom. The van der Waals surface area contributed by atoms with Crippen molar-refractivity contribution in [1.29, 1.82) is 0 Å². The van der Waals surface area contributed by atoms with Crippen LogP contribution in [0.15, 0.2) is 22.7 Å². The van der Waals surface area contributed by atoms with E-state index in [0.717, 1.165) is 17.4 Å². The second-order valence-electron chi connectivity index (χ2n) is 6.35. The Hall–Kier alpha value is -1.03. The molecule has 0 heterocycles. The lowest BCUT2D eigenvalue weighted by Crippen LogP contribution is -2.33. The summed E-state index contributed by atoms with van der Waals surface area (Å²) in [6.07, 6.45) is 4.70. The molecule has 0 fully saturated rings. The molecule has 0 aliphatic rings. The molecule has 1 aromatic carbocycles. The van der Waals surface area contributed by atoms with Crippen LogP contribution in [0.25, 0.3) is 0 Å². The molecule has 0 bridgehead atoms. The van der Waals surface area contributed by atoms with Crippen LogP contribution in [0, 0.1) is 5.92 Å². The van der Waals surface area contributed by atoms with E-state index in [9.17, 15) is 4.79 Å². The van der Waals surface area contributed by atoms with Gasteiger partial charge in [0.1, 0.15) is 5.75 Å². The van der Waals surface area contributed by atoms with Gasteiger partial charge < -0.3 is 10.1 Å². The summed E-state index contributed by atoms with van der Waals surface area (Å²) >= 11 is 3.51. The monoisotopic (exact) mass is 383 g/mol. The van der Waals surface area contributed by atoms with Gasteiger partial charge >= 0.3 is 0 Å². The van der Waals surface area contributed by atoms with Crippen molar-refractivity contribution in [3.8, 4) is 5.75 Å². The molecule has 1 atom stereocenters. The van der Waals surface area contributed by atoms with Crippen molar-refractivity contribution in [2.75, 3.05) is 13.2 Å². The molecule has 0 saturated carbocycles. The molecule has 0 aromatic heterocycles. The lowest BCUT2D eigenvalue weighted by atomic mass is 9.99. The van der Waals surface area contributed by atoms with E-state index in [0.29, 0.717) is 17.6 Å². The van der Waals surface area contributed by atoms with Crippen LogP contribution in [-0.2, 0) is 4.79 Å². The number of carbonyl (C=O) groups is 1. The fourth-order valence-corrected chi connectivity index (χ4v) is 2.90. The van der Waals surface area contributed by atoms with Crippen LogP contribution in [0.5, 0.6) is 5.75 Å². The SMILES string of the molecule is CCCCC(CC)CNC(=O)COc1ccc(C(C)C)cc1Br. The van der Waals surface area contributed by atoms with E-state index >= 15 is 0 Å². The van der Waals surface area contributed by atoms with Gasteiger partial charge in [-0.25, -0.2) is 0 Å². The van der Waals surface area contributed by atoms with Crippen LogP contribution in [0.4, 0.5) is 0 Å². The topological polar surface area (TPSA) is 38.3 Å². The van der Waals surface area contributed by atoms with Crippen molar-refractivity contribution in [3.63, 3.8) is 0 Å². The molecule has 4 heteroatoms. The second kappa shape index (κ2) is 10.7. The Kier molecular flexibility index (Phi) is 9.30. The quantitative estimate of drug-likeness (QED) is 0.596. The largest absolute Gasteiger partial charge is 0.483 e. The zero-order valence-corrected chi connectivity index (χ0v) is 16.4. The fourth-order valence-electron chi connectivity index (χ4n) is 2.39. The Balaban J connectivity index is 2.41. The molecule has 3 nitrogen and oxygen atoms in total. The number of nitrogens with one attached hydrogen (secondary N) is 1. The average Bonchev–Trinajstić information content (AvgIpc) is 2.53. The first kappa shape index (κ1) is 20.0. The molecule has 1 N–H and O–H groups in total. The van der Waals surface area contributed by atoms with Gasteiger partial charge in [-0.05, 0) is 51.9 Å². The Bertz CT molecular complexity index is 488. The highest BCUT2D eigenvalue weighted by molar-refractivity contribution is 9.10. The smallest absolute Gasteiger partial charge is 0.257 e. The second-order valence-corrected chi connectivity index (χ2v) is 7.21. The Morgan fingerprint density at radius 1 is 1.30 bits per heavy atom. The van der Waals surface area contributed by atoms with Gasteiger partial charge in [-0.3, -0.25) is 4.79 Å². The van der Waals surface area contributed by atoms with Crippen molar-refractivity contribution >= 4 is 21.8 Å². The van der Waals surface area contributed by atoms with Crippen molar-refractivity contribution in [1.82, 2.24) is 5.32 Å². The summed E-state index contributed by atoms with van der Waals surface area (Å²) in [6, 6.07) is 6.01. The highest BCUT2D eigenvalue weighted by atomic mass is 79.9. The van der Waals surface area contributed by atoms with E-state index in [2.05, 4.69) is 55.0 Å². The number of amides is 1.